The van der Waals surface area contributed by atoms with Crippen molar-refractivity contribution in [1.82, 2.24) is 5.32 Å². The van der Waals surface area contributed by atoms with Gasteiger partial charge in [0.1, 0.15) is 12.4 Å². The summed E-state index contributed by atoms with van der Waals surface area (Å²) in [4.78, 5) is 2.40. The number of hydrogen-bond acceptors (Lipinski definition) is 4. The van der Waals surface area contributed by atoms with E-state index in [1.54, 1.807) is 7.11 Å². The van der Waals surface area contributed by atoms with Gasteiger partial charge in [-0.25, -0.2) is 0 Å². The molecule has 0 bridgehead atoms. The minimum atomic E-state index is 0.552. The van der Waals surface area contributed by atoms with Crippen molar-refractivity contribution in [1.29, 1.82) is 0 Å². The molecule has 1 heterocycles. The molecule has 2 rings (SSSR count). The molecular weight excluding hydrogens is 228 g/mol. The fraction of sp³-hybridized carbons (Fsp3) is 0.571. The summed E-state index contributed by atoms with van der Waals surface area (Å²) >= 11 is 0. The molecule has 0 aromatic heterocycles. The number of hydrogen-bond donors (Lipinski definition) is 1. The van der Waals surface area contributed by atoms with E-state index in [0.29, 0.717) is 19.3 Å². The molecule has 1 atom stereocenters. The molecule has 100 valence electrons. The van der Waals surface area contributed by atoms with E-state index < -0.39 is 0 Å². The van der Waals surface area contributed by atoms with Gasteiger partial charge in [0.2, 0.25) is 0 Å². The lowest BCUT2D eigenvalue weighted by atomic mass is 10.2. The summed E-state index contributed by atoms with van der Waals surface area (Å²) in [5.74, 6) is 0.902. The van der Waals surface area contributed by atoms with Gasteiger partial charge in [0.25, 0.3) is 0 Å². The summed E-state index contributed by atoms with van der Waals surface area (Å²) in [7, 11) is 1.68. The maximum Gasteiger partial charge on any atom is 0.119 e. The average Bonchev–Trinajstić information content (AvgIpc) is 2.40. The van der Waals surface area contributed by atoms with Crippen LogP contribution in [0.2, 0.25) is 0 Å². The summed E-state index contributed by atoms with van der Waals surface area (Å²) in [6, 6.07) is 8.85. The second-order valence-corrected chi connectivity index (χ2v) is 4.64. The molecule has 0 radical (unpaired) electrons. The Kier molecular flexibility index (Phi) is 4.84. The number of rotatable bonds is 5. The molecule has 1 saturated heterocycles. The standard InChI is InChI=1S/C14H22N2O2/c1-12-11-16(8-7-15-12)13-3-5-14(6-4-13)18-10-9-17-2/h3-6,12,15H,7-11H2,1-2H3/t12-/m0/s1. The molecule has 1 aromatic rings. The highest BCUT2D eigenvalue weighted by molar-refractivity contribution is 5.49. The van der Waals surface area contributed by atoms with Crippen molar-refractivity contribution < 1.29 is 9.47 Å². The Morgan fingerprint density at radius 3 is 2.72 bits per heavy atom. The number of methoxy groups -OCH3 is 1. The van der Waals surface area contributed by atoms with E-state index in [-0.39, 0.29) is 0 Å². The Balaban J connectivity index is 1.90. The summed E-state index contributed by atoms with van der Waals surface area (Å²) in [6.45, 7) is 6.61. The van der Waals surface area contributed by atoms with E-state index in [1.807, 2.05) is 12.1 Å². The average molecular weight is 250 g/mol. The van der Waals surface area contributed by atoms with Crippen LogP contribution in [0.1, 0.15) is 6.92 Å². The molecular formula is C14H22N2O2. The number of piperazine rings is 1. The Labute approximate surface area is 109 Å². The van der Waals surface area contributed by atoms with Gasteiger partial charge in [-0.1, -0.05) is 0 Å². The van der Waals surface area contributed by atoms with E-state index in [2.05, 4.69) is 29.3 Å². The first-order chi connectivity index (χ1) is 8.79. The lowest BCUT2D eigenvalue weighted by Gasteiger charge is -2.33. The predicted molar refractivity (Wildman–Crippen MR) is 73.5 cm³/mol. The SMILES string of the molecule is COCCOc1ccc(N2CCN[C@@H](C)C2)cc1. The molecule has 4 nitrogen and oxygen atoms in total. The minimum Gasteiger partial charge on any atom is -0.491 e. The molecule has 0 amide bonds. The third-order valence-electron chi connectivity index (χ3n) is 3.13. The van der Waals surface area contributed by atoms with E-state index in [0.717, 1.165) is 25.4 Å². The summed E-state index contributed by atoms with van der Waals surface area (Å²) in [5.41, 5.74) is 1.27. The highest BCUT2D eigenvalue weighted by Gasteiger charge is 2.15. The molecule has 0 aliphatic carbocycles. The van der Waals surface area contributed by atoms with Crippen LogP contribution in [-0.2, 0) is 4.74 Å². The monoisotopic (exact) mass is 250 g/mol. The first-order valence-corrected chi connectivity index (χ1v) is 6.49. The van der Waals surface area contributed by atoms with Crippen LogP contribution >= 0.6 is 0 Å². The van der Waals surface area contributed by atoms with Crippen LogP contribution in [0, 0.1) is 0 Å². The number of anilines is 1. The Bertz CT molecular complexity index is 353. The normalized spacial score (nSPS) is 19.9. The molecule has 1 aliphatic heterocycles. The van der Waals surface area contributed by atoms with Crippen molar-refractivity contribution in [3.8, 4) is 5.75 Å². The lowest BCUT2D eigenvalue weighted by Crippen LogP contribution is -2.49. The second kappa shape index (κ2) is 6.61. The summed E-state index contributed by atoms with van der Waals surface area (Å²) < 4.78 is 10.5. The Morgan fingerprint density at radius 1 is 1.28 bits per heavy atom. The number of ether oxygens (including phenoxy) is 2. The Hall–Kier alpha value is -1.26. The van der Waals surface area contributed by atoms with Gasteiger partial charge in [0.05, 0.1) is 6.61 Å². The largest absolute Gasteiger partial charge is 0.491 e. The van der Waals surface area contributed by atoms with Crippen LogP contribution in [0.15, 0.2) is 24.3 Å². The van der Waals surface area contributed by atoms with Gasteiger partial charge in [0.15, 0.2) is 0 Å². The highest BCUT2D eigenvalue weighted by Crippen LogP contribution is 2.20. The molecule has 0 unspecified atom stereocenters. The fourth-order valence-electron chi connectivity index (χ4n) is 2.16. The highest BCUT2D eigenvalue weighted by atomic mass is 16.5. The van der Waals surface area contributed by atoms with Crippen LogP contribution in [0.25, 0.3) is 0 Å². The fourth-order valence-corrected chi connectivity index (χ4v) is 2.16. The molecule has 4 heteroatoms. The van der Waals surface area contributed by atoms with Gasteiger partial charge in [-0.2, -0.15) is 0 Å². The van der Waals surface area contributed by atoms with Gasteiger partial charge in [-0.05, 0) is 31.2 Å². The maximum atomic E-state index is 5.55. The molecule has 18 heavy (non-hydrogen) atoms. The van der Waals surface area contributed by atoms with Gasteiger partial charge in [0, 0.05) is 38.5 Å². The van der Waals surface area contributed by atoms with Crippen molar-refractivity contribution in [3.63, 3.8) is 0 Å². The third kappa shape index (κ3) is 3.62. The zero-order chi connectivity index (χ0) is 12.8. The Morgan fingerprint density at radius 2 is 2.06 bits per heavy atom. The molecule has 0 saturated carbocycles. The molecule has 1 aromatic carbocycles. The lowest BCUT2D eigenvalue weighted by molar-refractivity contribution is 0.146. The summed E-state index contributed by atoms with van der Waals surface area (Å²) in [5, 5.41) is 3.45. The van der Waals surface area contributed by atoms with Gasteiger partial charge in [-0.3, -0.25) is 0 Å². The molecule has 1 aliphatic rings. The first kappa shape index (κ1) is 13.2. The summed E-state index contributed by atoms with van der Waals surface area (Å²) in [6.07, 6.45) is 0. The van der Waals surface area contributed by atoms with Crippen LogP contribution < -0.4 is 15.0 Å². The van der Waals surface area contributed by atoms with E-state index in [1.165, 1.54) is 5.69 Å². The van der Waals surface area contributed by atoms with Crippen molar-refractivity contribution in [2.75, 3.05) is 44.9 Å². The maximum absolute atomic E-state index is 5.55. The second-order valence-electron chi connectivity index (χ2n) is 4.64. The van der Waals surface area contributed by atoms with E-state index >= 15 is 0 Å². The van der Waals surface area contributed by atoms with E-state index in [9.17, 15) is 0 Å². The number of nitrogens with zero attached hydrogens (tertiary/aromatic N) is 1. The van der Waals surface area contributed by atoms with Gasteiger partial charge in [-0.15, -0.1) is 0 Å². The van der Waals surface area contributed by atoms with Crippen molar-refractivity contribution >= 4 is 5.69 Å². The third-order valence-corrected chi connectivity index (χ3v) is 3.13. The predicted octanol–water partition coefficient (Wildman–Crippen LogP) is 1.51. The van der Waals surface area contributed by atoms with Crippen LogP contribution in [0.5, 0.6) is 5.75 Å². The minimum absolute atomic E-state index is 0.552. The van der Waals surface area contributed by atoms with Crippen molar-refractivity contribution in [2.24, 2.45) is 0 Å². The molecule has 1 N–H and O–H groups in total. The first-order valence-electron chi connectivity index (χ1n) is 6.49. The zero-order valence-corrected chi connectivity index (χ0v) is 11.2. The van der Waals surface area contributed by atoms with Crippen LogP contribution in [0.3, 0.4) is 0 Å². The smallest absolute Gasteiger partial charge is 0.119 e. The molecule has 0 spiro atoms. The van der Waals surface area contributed by atoms with E-state index in [4.69, 9.17) is 9.47 Å². The molecule has 1 fully saturated rings. The van der Waals surface area contributed by atoms with Crippen LogP contribution in [-0.4, -0.2) is 46.0 Å². The number of benzene rings is 1. The van der Waals surface area contributed by atoms with Crippen molar-refractivity contribution in [3.05, 3.63) is 24.3 Å². The van der Waals surface area contributed by atoms with Gasteiger partial charge < -0.3 is 19.7 Å². The topological polar surface area (TPSA) is 33.7 Å². The van der Waals surface area contributed by atoms with Gasteiger partial charge >= 0.3 is 0 Å². The zero-order valence-electron chi connectivity index (χ0n) is 11.2. The van der Waals surface area contributed by atoms with Crippen LogP contribution in [0.4, 0.5) is 5.69 Å². The number of nitrogens with one attached hydrogen (secondary N) is 1. The van der Waals surface area contributed by atoms with Crippen molar-refractivity contribution in [2.45, 2.75) is 13.0 Å². The quantitative estimate of drug-likeness (QED) is 0.803.